The molecule has 0 aliphatic carbocycles. The van der Waals surface area contributed by atoms with Gasteiger partial charge in [-0.3, -0.25) is 4.79 Å². The van der Waals surface area contributed by atoms with Gasteiger partial charge in [-0.05, 0) is 69.2 Å². The van der Waals surface area contributed by atoms with Crippen molar-refractivity contribution in [3.63, 3.8) is 0 Å². The van der Waals surface area contributed by atoms with Gasteiger partial charge in [-0.25, -0.2) is 4.79 Å². The van der Waals surface area contributed by atoms with Crippen molar-refractivity contribution in [1.82, 2.24) is 30.0 Å². The van der Waals surface area contributed by atoms with Gasteiger partial charge in [-0.1, -0.05) is 6.07 Å². The van der Waals surface area contributed by atoms with E-state index in [0.717, 1.165) is 12.1 Å². The number of piperazine rings is 1. The van der Waals surface area contributed by atoms with Crippen LogP contribution in [-0.2, 0) is 22.3 Å². The van der Waals surface area contributed by atoms with Crippen molar-refractivity contribution in [3.8, 4) is 0 Å². The van der Waals surface area contributed by atoms with E-state index in [4.69, 9.17) is 4.74 Å². The van der Waals surface area contributed by atoms with E-state index in [1.165, 1.54) is 23.0 Å². The van der Waals surface area contributed by atoms with Crippen LogP contribution < -0.4 is 0 Å². The molecule has 190 valence electrons. The van der Waals surface area contributed by atoms with E-state index in [9.17, 15) is 22.8 Å². The van der Waals surface area contributed by atoms with Crippen molar-refractivity contribution in [3.05, 3.63) is 46.8 Å². The number of alkyl halides is 3. The zero-order chi connectivity index (χ0) is 26.0. The van der Waals surface area contributed by atoms with Gasteiger partial charge >= 0.3 is 12.3 Å². The predicted octanol–water partition coefficient (Wildman–Crippen LogP) is 3.53. The fraction of sp³-hybridized carbons (Fsp3) is 0.522. The molecule has 0 N–H and O–H groups in total. The molecule has 2 aromatic rings. The van der Waals surface area contributed by atoms with E-state index in [-0.39, 0.29) is 18.5 Å². The van der Waals surface area contributed by atoms with E-state index < -0.39 is 23.4 Å². The van der Waals surface area contributed by atoms with Gasteiger partial charge in [0.05, 0.1) is 12.1 Å². The summed E-state index contributed by atoms with van der Waals surface area (Å²) < 4.78 is 45.2. The van der Waals surface area contributed by atoms with Crippen molar-refractivity contribution in [2.24, 2.45) is 0 Å². The summed E-state index contributed by atoms with van der Waals surface area (Å²) in [6, 6.07) is 3.04. The van der Waals surface area contributed by atoms with Crippen LogP contribution in [0.15, 0.2) is 24.3 Å². The Balaban J connectivity index is 1.74. The molecule has 0 spiro atoms. The maximum absolute atomic E-state index is 13.3. The van der Waals surface area contributed by atoms with E-state index in [1.807, 2.05) is 6.92 Å². The molecular formula is C23H29F3N6O3. The maximum atomic E-state index is 13.3. The second-order valence-corrected chi connectivity index (χ2v) is 9.42. The highest BCUT2D eigenvalue weighted by Crippen LogP contribution is 2.31. The Labute approximate surface area is 201 Å². The molecular weight excluding hydrogens is 465 g/mol. The molecule has 35 heavy (non-hydrogen) atoms. The summed E-state index contributed by atoms with van der Waals surface area (Å²) >= 11 is 0. The Kier molecular flexibility index (Phi) is 7.51. The smallest absolute Gasteiger partial charge is 0.416 e. The minimum absolute atomic E-state index is 0.0381. The maximum Gasteiger partial charge on any atom is 0.416 e. The van der Waals surface area contributed by atoms with E-state index >= 15 is 0 Å². The summed E-state index contributed by atoms with van der Waals surface area (Å²) in [6.45, 7) is 9.72. The number of carbonyl (C=O) groups is 2. The minimum atomic E-state index is -4.51. The highest BCUT2D eigenvalue weighted by molar-refractivity contribution is 5.92. The second-order valence-electron chi connectivity index (χ2n) is 9.42. The number of aromatic nitrogens is 4. The Morgan fingerprint density at radius 2 is 1.91 bits per heavy atom. The van der Waals surface area contributed by atoms with Gasteiger partial charge in [0.25, 0.3) is 0 Å². The third-order valence-corrected chi connectivity index (χ3v) is 5.30. The van der Waals surface area contributed by atoms with Crippen molar-refractivity contribution in [2.75, 3.05) is 19.6 Å². The van der Waals surface area contributed by atoms with Crippen LogP contribution in [0.1, 0.15) is 50.2 Å². The Hall–Kier alpha value is -3.44. The molecule has 2 amide bonds. The van der Waals surface area contributed by atoms with Gasteiger partial charge in [0, 0.05) is 31.8 Å². The van der Waals surface area contributed by atoms with Gasteiger partial charge in [0.15, 0.2) is 5.82 Å². The molecule has 1 aliphatic rings. The number of ether oxygens (including phenoxy) is 1. The van der Waals surface area contributed by atoms with Crippen LogP contribution in [-0.4, -0.2) is 73.3 Å². The molecule has 1 aromatic carbocycles. The number of nitrogens with zero attached hydrogens (tertiary/aromatic N) is 6. The molecule has 12 heteroatoms. The predicted molar refractivity (Wildman–Crippen MR) is 121 cm³/mol. The molecule has 2 heterocycles. The van der Waals surface area contributed by atoms with Gasteiger partial charge in [-0.2, -0.15) is 18.0 Å². The minimum Gasteiger partial charge on any atom is -0.444 e. The van der Waals surface area contributed by atoms with Crippen molar-refractivity contribution in [2.45, 2.75) is 59.0 Å². The normalized spacial score (nSPS) is 17.2. The summed E-state index contributed by atoms with van der Waals surface area (Å²) in [5.74, 6) is 0.0886. The van der Waals surface area contributed by atoms with Crippen molar-refractivity contribution >= 4 is 18.1 Å². The fourth-order valence-electron chi connectivity index (χ4n) is 3.66. The summed E-state index contributed by atoms with van der Waals surface area (Å²) in [6.07, 6.45) is -2.14. The monoisotopic (exact) mass is 494 g/mol. The average Bonchev–Trinajstić information content (AvgIpc) is 3.15. The molecule has 9 nitrogen and oxygen atoms in total. The largest absolute Gasteiger partial charge is 0.444 e. The lowest BCUT2D eigenvalue weighted by Crippen LogP contribution is -2.55. The third kappa shape index (κ3) is 7.03. The van der Waals surface area contributed by atoms with E-state index in [2.05, 4.69) is 15.4 Å². The molecule has 1 aromatic heterocycles. The number of hydrogen-bond donors (Lipinski definition) is 0. The van der Waals surface area contributed by atoms with Gasteiger partial charge in [0.2, 0.25) is 5.91 Å². The van der Waals surface area contributed by atoms with Crippen molar-refractivity contribution in [1.29, 1.82) is 0 Å². The number of hydrogen-bond acceptors (Lipinski definition) is 6. The standard InChI is InChI=1S/C23H29F3N6O3/c1-15-13-30(21(34)35-22(3,4)5)10-11-31(15)20(33)9-7-17-6-8-19(23(24,25)26)12-18(17)14-32-28-16(2)27-29-32/h6-9,12,15H,10-11,13-14H2,1-5H3/b9-7+/t15-/m1/s1. The fourth-order valence-corrected chi connectivity index (χ4v) is 3.66. The molecule has 0 unspecified atom stereocenters. The molecule has 1 saturated heterocycles. The molecule has 0 radical (unpaired) electrons. The Bertz CT molecular complexity index is 1110. The van der Waals surface area contributed by atoms with Gasteiger partial charge in [0.1, 0.15) is 5.60 Å². The van der Waals surface area contributed by atoms with Crippen LogP contribution in [0.25, 0.3) is 6.08 Å². The van der Waals surface area contributed by atoms with Gasteiger partial charge < -0.3 is 14.5 Å². The summed E-state index contributed by atoms with van der Waals surface area (Å²) in [7, 11) is 0. The second kappa shape index (κ2) is 10.0. The number of halogens is 3. The number of benzene rings is 1. The molecule has 0 saturated carbocycles. The number of tetrazole rings is 1. The highest BCUT2D eigenvalue weighted by Gasteiger charge is 2.32. The third-order valence-electron chi connectivity index (χ3n) is 5.30. The zero-order valence-corrected chi connectivity index (χ0v) is 20.3. The molecule has 3 rings (SSSR count). The van der Waals surface area contributed by atoms with Crippen LogP contribution in [0.2, 0.25) is 0 Å². The number of carbonyl (C=O) groups excluding carboxylic acids is 2. The molecule has 1 aliphatic heterocycles. The average molecular weight is 495 g/mol. The summed E-state index contributed by atoms with van der Waals surface area (Å²) in [5.41, 5.74) is -0.694. The zero-order valence-electron chi connectivity index (χ0n) is 20.3. The van der Waals surface area contributed by atoms with Crippen LogP contribution in [0.3, 0.4) is 0 Å². The summed E-state index contributed by atoms with van der Waals surface area (Å²) in [5, 5.41) is 11.6. The molecule has 0 bridgehead atoms. The topological polar surface area (TPSA) is 93.5 Å². The van der Waals surface area contributed by atoms with Crippen LogP contribution in [0.4, 0.5) is 18.0 Å². The van der Waals surface area contributed by atoms with Crippen LogP contribution >= 0.6 is 0 Å². The first-order valence-electron chi connectivity index (χ1n) is 11.1. The van der Waals surface area contributed by atoms with E-state index in [0.29, 0.717) is 36.6 Å². The van der Waals surface area contributed by atoms with Crippen LogP contribution in [0.5, 0.6) is 0 Å². The molecule has 1 atom stereocenters. The first-order valence-corrected chi connectivity index (χ1v) is 11.1. The summed E-state index contributed by atoms with van der Waals surface area (Å²) in [4.78, 5) is 29.6. The SMILES string of the molecule is Cc1nnn(Cc2cc(C(F)(F)F)ccc2/C=C/C(=O)N2CCN(C(=O)OC(C)(C)C)C[C@H]2C)n1. The van der Waals surface area contributed by atoms with Gasteiger partial charge in [-0.15, -0.1) is 10.2 Å². The lowest BCUT2D eigenvalue weighted by Gasteiger charge is -2.39. The first-order chi connectivity index (χ1) is 16.2. The Morgan fingerprint density at radius 1 is 1.20 bits per heavy atom. The lowest BCUT2D eigenvalue weighted by atomic mass is 10.0. The highest BCUT2D eigenvalue weighted by atomic mass is 19.4. The van der Waals surface area contributed by atoms with Crippen molar-refractivity contribution < 1.29 is 27.5 Å². The quantitative estimate of drug-likeness (QED) is 0.604. The lowest BCUT2D eigenvalue weighted by molar-refractivity contribution is -0.137. The molecule has 1 fully saturated rings. The number of aryl methyl sites for hydroxylation is 1. The van der Waals surface area contributed by atoms with Crippen LogP contribution in [0, 0.1) is 6.92 Å². The first kappa shape index (κ1) is 26.2. The Morgan fingerprint density at radius 3 is 2.49 bits per heavy atom. The number of amides is 2. The van der Waals surface area contributed by atoms with E-state index in [1.54, 1.807) is 37.5 Å². The number of rotatable bonds is 4.